The molecule has 3 rings (SSSR count). The normalized spacial score (nSPS) is 31.4. The summed E-state index contributed by atoms with van der Waals surface area (Å²) in [5.74, 6) is 0.549. The largest absolute Gasteiger partial charge is 0.351 e. The first-order chi connectivity index (χ1) is 18.7. The second-order valence-corrected chi connectivity index (χ2v) is 16.8. The van der Waals surface area contributed by atoms with Crippen molar-refractivity contribution in [2.24, 2.45) is 44.8 Å². The van der Waals surface area contributed by atoms with E-state index in [4.69, 9.17) is 0 Å². The molecule has 2 saturated carbocycles. The van der Waals surface area contributed by atoms with Crippen LogP contribution >= 0.6 is 0 Å². The monoisotopic (exact) mass is 566 g/mol. The van der Waals surface area contributed by atoms with Crippen LogP contribution < -0.4 is 5.32 Å². The standard InChI is InChI=1S/C36H58N2O3/c1-12-31(3,4)17-19-34(9,38-30(41)25-13-14-25)20-18-32(5,6)36(11)16-15-27-33(7,8)29(40)26(23-37)22-35(27,10)28(36)21-24(2)39/h22,25,27-28H,12-21H2,1-11H3,(H,38,41)/t27-,28+,34-,35-,36+/m0/s1. The Balaban J connectivity index is 1.97. The summed E-state index contributed by atoms with van der Waals surface area (Å²) in [6, 6.07) is 2.20. The van der Waals surface area contributed by atoms with E-state index in [9.17, 15) is 19.6 Å². The second-order valence-electron chi connectivity index (χ2n) is 16.8. The highest BCUT2D eigenvalue weighted by atomic mass is 16.2. The van der Waals surface area contributed by atoms with Crippen molar-refractivity contribution in [3.63, 3.8) is 0 Å². The summed E-state index contributed by atoms with van der Waals surface area (Å²) in [5.41, 5.74) is -1.23. The fourth-order valence-electron chi connectivity index (χ4n) is 8.37. The van der Waals surface area contributed by atoms with Gasteiger partial charge in [-0.25, -0.2) is 0 Å². The van der Waals surface area contributed by atoms with E-state index in [1.54, 1.807) is 6.92 Å². The van der Waals surface area contributed by atoms with Gasteiger partial charge in [0.2, 0.25) is 5.91 Å². The van der Waals surface area contributed by atoms with Crippen LogP contribution in [-0.4, -0.2) is 23.0 Å². The maximum atomic E-state index is 13.3. The number of nitriles is 1. The van der Waals surface area contributed by atoms with Gasteiger partial charge in [0.1, 0.15) is 11.9 Å². The molecule has 41 heavy (non-hydrogen) atoms. The Morgan fingerprint density at radius 1 is 1.00 bits per heavy atom. The average molecular weight is 567 g/mol. The summed E-state index contributed by atoms with van der Waals surface area (Å²) >= 11 is 0. The SMILES string of the molecule is CCC(C)(C)CC[C@@](C)(CCC(C)(C)[C@]1(C)CC[C@H]2C(C)(C)C(=O)C(C#N)=C[C@]2(C)[C@H]1CC(C)=O)NC(=O)C1CC1. The van der Waals surface area contributed by atoms with Crippen LogP contribution in [0.15, 0.2) is 11.6 Å². The highest BCUT2D eigenvalue weighted by Gasteiger charge is 2.63. The van der Waals surface area contributed by atoms with Gasteiger partial charge in [0.15, 0.2) is 5.78 Å². The number of hydrogen-bond acceptors (Lipinski definition) is 4. The topological polar surface area (TPSA) is 87.0 Å². The van der Waals surface area contributed by atoms with Crippen molar-refractivity contribution < 1.29 is 14.4 Å². The lowest BCUT2D eigenvalue weighted by molar-refractivity contribution is -0.155. The number of ketones is 2. The van der Waals surface area contributed by atoms with Gasteiger partial charge in [-0.05, 0) is 98.7 Å². The maximum absolute atomic E-state index is 13.3. The number of allylic oxidation sites excluding steroid dienone is 2. The Bertz CT molecular complexity index is 1120. The number of carbonyl (C=O) groups excluding carboxylic acids is 3. The first-order valence-electron chi connectivity index (χ1n) is 16.2. The van der Waals surface area contributed by atoms with Crippen molar-refractivity contribution in [2.75, 3.05) is 0 Å². The van der Waals surface area contributed by atoms with Crippen molar-refractivity contribution in [1.82, 2.24) is 5.32 Å². The molecule has 0 unspecified atom stereocenters. The van der Waals surface area contributed by atoms with Crippen LogP contribution in [0.5, 0.6) is 0 Å². The van der Waals surface area contributed by atoms with Crippen LogP contribution in [0.2, 0.25) is 0 Å². The van der Waals surface area contributed by atoms with E-state index in [2.05, 4.69) is 66.8 Å². The van der Waals surface area contributed by atoms with Crippen LogP contribution in [-0.2, 0) is 14.4 Å². The molecule has 230 valence electrons. The van der Waals surface area contributed by atoms with Crippen molar-refractivity contribution in [1.29, 1.82) is 5.26 Å². The van der Waals surface area contributed by atoms with Gasteiger partial charge < -0.3 is 10.1 Å². The van der Waals surface area contributed by atoms with Crippen LogP contribution in [0.4, 0.5) is 0 Å². The fourth-order valence-corrected chi connectivity index (χ4v) is 8.37. The molecule has 0 aromatic heterocycles. The lowest BCUT2D eigenvalue weighted by Crippen LogP contribution is -2.60. The fraction of sp³-hybridized carbons (Fsp3) is 0.833. The van der Waals surface area contributed by atoms with Gasteiger partial charge in [0.05, 0.1) is 5.57 Å². The van der Waals surface area contributed by atoms with E-state index in [1.807, 2.05) is 19.9 Å². The van der Waals surface area contributed by atoms with Gasteiger partial charge in [-0.2, -0.15) is 5.26 Å². The highest BCUT2D eigenvalue weighted by Crippen LogP contribution is 2.68. The Morgan fingerprint density at radius 3 is 2.10 bits per heavy atom. The molecule has 0 heterocycles. The lowest BCUT2D eigenvalue weighted by atomic mass is 9.39. The predicted octanol–water partition coefficient (Wildman–Crippen LogP) is 8.37. The smallest absolute Gasteiger partial charge is 0.223 e. The van der Waals surface area contributed by atoms with Crippen LogP contribution in [0.25, 0.3) is 0 Å². The minimum Gasteiger partial charge on any atom is -0.351 e. The third-order valence-electron chi connectivity index (χ3n) is 12.5. The summed E-state index contributed by atoms with van der Waals surface area (Å²) in [4.78, 5) is 39.1. The van der Waals surface area contributed by atoms with Gasteiger partial charge in [0.25, 0.3) is 0 Å². The molecule has 0 aromatic carbocycles. The van der Waals surface area contributed by atoms with E-state index < -0.39 is 10.8 Å². The van der Waals surface area contributed by atoms with Crippen LogP contribution in [0.1, 0.15) is 140 Å². The molecule has 0 radical (unpaired) electrons. The summed E-state index contributed by atoms with van der Waals surface area (Å²) in [6.45, 7) is 24.0. The molecular weight excluding hydrogens is 508 g/mol. The van der Waals surface area contributed by atoms with Crippen molar-refractivity contribution in [2.45, 2.75) is 146 Å². The zero-order valence-corrected chi connectivity index (χ0v) is 28.1. The number of nitrogens with one attached hydrogen (secondary N) is 1. The maximum Gasteiger partial charge on any atom is 0.223 e. The van der Waals surface area contributed by atoms with Gasteiger partial charge in [-0.3, -0.25) is 9.59 Å². The third kappa shape index (κ3) is 6.52. The molecule has 0 aliphatic heterocycles. The minimum atomic E-state index is -0.646. The summed E-state index contributed by atoms with van der Waals surface area (Å²) in [7, 11) is 0. The van der Waals surface area contributed by atoms with E-state index in [-0.39, 0.29) is 62.6 Å². The molecule has 0 aromatic rings. The Labute approximate surface area is 250 Å². The van der Waals surface area contributed by atoms with Gasteiger partial charge in [-0.15, -0.1) is 0 Å². The second kappa shape index (κ2) is 11.3. The van der Waals surface area contributed by atoms with Gasteiger partial charge in [0, 0.05) is 23.3 Å². The Kier molecular flexibility index (Phi) is 9.22. The van der Waals surface area contributed by atoms with E-state index in [1.165, 1.54) is 0 Å². The molecule has 0 saturated heterocycles. The molecular formula is C36H58N2O3. The number of hydrogen-bond donors (Lipinski definition) is 1. The molecule has 2 fully saturated rings. The molecule has 3 aliphatic carbocycles. The average Bonchev–Trinajstić information content (AvgIpc) is 3.72. The number of nitrogens with zero attached hydrogens (tertiary/aromatic N) is 1. The lowest BCUT2D eigenvalue weighted by Gasteiger charge is -2.64. The zero-order valence-electron chi connectivity index (χ0n) is 28.1. The molecule has 5 atom stereocenters. The van der Waals surface area contributed by atoms with E-state index in [0.717, 1.165) is 57.8 Å². The molecule has 5 heteroatoms. The summed E-state index contributed by atoms with van der Waals surface area (Å²) in [6.07, 6.45) is 11.1. The number of amides is 1. The Morgan fingerprint density at radius 2 is 1.59 bits per heavy atom. The van der Waals surface area contributed by atoms with Crippen LogP contribution in [0, 0.1) is 56.2 Å². The summed E-state index contributed by atoms with van der Waals surface area (Å²) < 4.78 is 0. The number of Topliss-reactive ketones (excluding diaryl/α,β-unsaturated/α-hetero) is 2. The van der Waals surface area contributed by atoms with Crippen molar-refractivity contribution >= 4 is 17.5 Å². The van der Waals surface area contributed by atoms with Crippen molar-refractivity contribution in [3.8, 4) is 6.07 Å². The number of rotatable bonds is 12. The van der Waals surface area contributed by atoms with Crippen LogP contribution in [0.3, 0.4) is 0 Å². The first kappa shape index (κ1) is 33.5. The number of fused-ring (bicyclic) bond motifs is 1. The molecule has 1 amide bonds. The Hall–Kier alpha value is -1.96. The molecule has 1 N–H and O–H groups in total. The highest BCUT2D eigenvalue weighted by molar-refractivity contribution is 6.04. The minimum absolute atomic E-state index is 0.00307. The molecule has 0 spiro atoms. The van der Waals surface area contributed by atoms with Crippen molar-refractivity contribution in [3.05, 3.63) is 11.6 Å². The molecule has 3 aliphatic rings. The van der Waals surface area contributed by atoms with E-state index in [0.29, 0.717) is 6.42 Å². The molecule has 5 nitrogen and oxygen atoms in total. The van der Waals surface area contributed by atoms with Gasteiger partial charge >= 0.3 is 0 Å². The zero-order chi connectivity index (χ0) is 31.2. The number of carbonyl (C=O) groups is 3. The summed E-state index contributed by atoms with van der Waals surface area (Å²) in [5, 5.41) is 13.4. The first-order valence-corrected chi connectivity index (χ1v) is 16.2. The predicted molar refractivity (Wildman–Crippen MR) is 166 cm³/mol. The quantitative estimate of drug-likeness (QED) is 0.257. The molecule has 0 bridgehead atoms. The van der Waals surface area contributed by atoms with Gasteiger partial charge in [-0.1, -0.05) is 74.8 Å². The third-order valence-corrected chi connectivity index (χ3v) is 12.5. The van der Waals surface area contributed by atoms with E-state index >= 15 is 0 Å².